The lowest BCUT2D eigenvalue weighted by atomic mass is 10.2. The maximum Gasteiger partial charge on any atom is 0.141 e. The van der Waals surface area contributed by atoms with Gasteiger partial charge in [0.05, 0.1) is 18.3 Å². The summed E-state index contributed by atoms with van der Waals surface area (Å²) in [6.07, 6.45) is 1.56. The molecule has 5 heteroatoms. The normalized spacial score (nSPS) is 10.5. The fourth-order valence-electron chi connectivity index (χ4n) is 2.23. The van der Waals surface area contributed by atoms with Gasteiger partial charge in [0, 0.05) is 11.9 Å². The zero-order valence-electron chi connectivity index (χ0n) is 11.7. The monoisotopic (exact) mass is 280 g/mol. The van der Waals surface area contributed by atoms with E-state index in [9.17, 15) is 0 Å². The van der Waals surface area contributed by atoms with Crippen molar-refractivity contribution < 1.29 is 4.74 Å². The molecule has 0 aliphatic rings. The molecule has 1 aromatic heterocycles. The number of nitrogens with one attached hydrogen (secondary N) is 1. The van der Waals surface area contributed by atoms with Crippen LogP contribution in [-0.2, 0) is 6.54 Å². The predicted molar refractivity (Wildman–Crippen MR) is 84.3 cm³/mol. The van der Waals surface area contributed by atoms with Crippen LogP contribution in [0.5, 0.6) is 5.75 Å². The molecule has 0 bridgehead atoms. The topological polar surface area (TPSA) is 73.1 Å². The van der Waals surface area contributed by atoms with Gasteiger partial charge in [-0.05, 0) is 29.8 Å². The van der Waals surface area contributed by atoms with Crippen LogP contribution in [0.25, 0.3) is 10.9 Å². The summed E-state index contributed by atoms with van der Waals surface area (Å²) in [5.74, 6) is 1.50. The lowest BCUT2D eigenvalue weighted by molar-refractivity contribution is 0.417. The van der Waals surface area contributed by atoms with Crippen LogP contribution in [-0.4, -0.2) is 17.1 Å². The van der Waals surface area contributed by atoms with Crippen molar-refractivity contribution in [3.8, 4) is 5.75 Å². The van der Waals surface area contributed by atoms with Gasteiger partial charge in [0.2, 0.25) is 0 Å². The minimum Gasteiger partial charge on any atom is -0.495 e. The smallest absolute Gasteiger partial charge is 0.141 e. The molecule has 0 saturated heterocycles. The van der Waals surface area contributed by atoms with Gasteiger partial charge >= 0.3 is 0 Å². The number of ether oxygens (including phenoxy) is 1. The first-order chi connectivity index (χ1) is 10.3. The fraction of sp³-hybridized carbons (Fsp3) is 0.125. The van der Waals surface area contributed by atoms with E-state index in [2.05, 4.69) is 15.3 Å². The van der Waals surface area contributed by atoms with E-state index >= 15 is 0 Å². The Morgan fingerprint density at radius 2 is 2.00 bits per heavy atom. The van der Waals surface area contributed by atoms with Crippen molar-refractivity contribution in [3.05, 3.63) is 54.4 Å². The largest absolute Gasteiger partial charge is 0.495 e. The van der Waals surface area contributed by atoms with Crippen molar-refractivity contribution in [1.29, 1.82) is 0 Å². The Kier molecular flexibility index (Phi) is 3.55. The Morgan fingerprint density at radius 3 is 2.81 bits per heavy atom. The molecule has 0 amide bonds. The molecule has 0 unspecified atom stereocenters. The van der Waals surface area contributed by atoms with Gasteiger partial charge in [0.1, 0.15) is 17.9 Å². The van der Waals surface area contributed by atoms with E-state index in [1.807, 2.05) is 42.5 Å². The standard InChI is InChI=1S/C16H16N4O/c1-21-15-7-6-11(8-13(15)17)9-18-16-12-4-2-3-5-14(12)19-10-20-16/h2-8,10H,9,17H2,1H3,(H,18,19,20). The first kappa shape index (κ1) is 13.2. The second kappa shape index (κ2) is 5.66. The van der Waals surface area contributed by atoms with Crippen LogP contribution >= 0.6 is 0 Å². The average Bonchev–Trinajstić information content (AvgIpc) is 2.53. The average molecular weight is 280 g/mol. The van der Waals surface area contributed by atoms with Crippen molar-refractivity contribution in [2.24, 2.45) is 0 Å². The molecule has 3 aromatic rings. The van der Waals surface area contributed by atoms with Crippen LogP contribution in [0.3, 0.4) is 0 Å². The summed E-state index contributed by atoms with van der Waals surface area (Å²) in [6, 6.07) is 13.6. The number of hydrogen-bond donors (Lipinski definition) is 2. The van der Waals surface area contributed by atoms with Crippen molar-refractivity contribution in [3.63, 3.8) is 0 Å². The summed E-state index contributed by atoms with van der Waals surface area (Å²) in [6.45, 7) is 0.634. The number of fused-ring (bicyclic) bond motifs is 1. The Morgan fingerprint density at radius 1 is 1.14 bits per heavy atom. The highest BCUT2D eigenvalue weighted by atomic mass is 16.5. The lowest BCUT2D eigenvalue weighted by Gasteiger charge is -2.10. The third-order valence-electron chi connectivity index (χ3n) is 3.30. The van der Waals surface area contributed by atoms with Crippen molar-refractivity contribution >= 4 is 22.4 Å². The second-order valence-electron chi connectivity index (χ2n) is 4.67. The molecule has 106 valence electrons. The molecule has 3 rings (SSSR count). The summed E-state index contributed by atoms with van der Waals surface area (Å²) >= 11 is 0. The number of anilines is 2. The molecule has 0 saturated carbocycles. The summed E-state index contributed by atoms with van der Waals surface area (Å²) in [4.78, 5) is 8.55. The number of hydrogen-bond acceptors (Lipinski definition) is 5. The van der Waals surface area contributed by atoms with Gasteiger partial charge < -0.3 is 15.8 Å². The number of para-hydroxylation sites is 1. The molecule has 0 fully saturated rings. The number of nitrogens with two attached hydrogens (primary N) is 1. The van der Waals surface area contributed by atoms with Gasteiger partial charge in [-0.25, -0.2) is 9.97 Å². The lowest BCUT2D eigenvalue weighted by Crippen LogP contribution is -2.03. The van der Waals surface area contributed by atoms with Crippen molar-refractivity contribution in [1.82, 2.24) is 9.97 Å². The number of nitrogen functional groups attached to an aromatic ring is 1. The van der Waals surface area contributed by atoms with Crippen LogP contribution < -0.4 is 15.8 Å². The number of nitrogens with zero attached hydrogens (tertiary/aromatic N) is 2. The van der Waals surface area contributed by atoms with Crippen LogP contribution in [0.2, 0.25) is 0 Å². The van der Waals surface area contributed by atoms with Crippen LogP contribution in [0.4, 0.5) is 11.5 Å². The predicted octanol–water partition coefficient (Wildman–Crippen LogP) is 2.83. The summed E-state index contributed by atoms with van der Waals surface area (Å²) in [7, 11) is 1.61. The molecule has 21 heavy (non-hydrogen) atoms. The van der Waals surface area contributed by atoms with Crippen LogP contribution in [0.15, 0.2) is 48.8 Å². The van der Waals surface area contributed by atoms with E-state index in [0.717, 1.165) is 22.3 Å². The highest BCUT2D eigenvalue weighted by molar-refractivity contribution is 5.88. The molecule has 5 nitrogen and oxygen atoms in total. The molecule has 0 spiro atoms. The molecular formula is C16H16N4O. The summed E-state index contributed by atoms with van der Waals surface area (Å²) < 4.78 is 5.15. The van der Waals surface area contributed by atoms with Gasteiger partial charge in [0.25, 0.3) is 0 Å². The number of methoxy groups -OCH3 is 1. The Balaban J connectivity index is 1.82. The zero-order chi connectivity index (χ0) is 14.7. The Labute approximate surface area is 122 Å². The van der Waals surface area contributed by atoms with Gasteiger partial charge in [0.15, 0.2) is 0 Å². The number of benzene rings is 2. The van der Waals surface area contributed by atoms with Gasteiger partial charge in [-0.3, -0.25) is 0 Å². The van der Waals surface area contributed by atoms with Crippen LogP contribution in [0, 0.1) is 0 Å². The minimum atomic E-state index is 0.629. The maximum atomic E-state index is 5.91. The SMILES string of the molecule is COc1ccc(CNc2ncnc3ccccc23)cc1N. The first-order valence-electron chi connectivity index (χ1n) is 6.64. The van der Waals surface area contributed by atoms with E-state index in [1.165, 1.54) is 0 Å². The minimum absolute atomic E-state index is 0.629. The van der Waals surface area contributed by atoms with Gasteiger partial charge in [-0.1, -0.05) is 18.2 Å². The first-order valence-corrected chi connectivity index (χ1v) is 6.64. The third kappa shape index (κ3) is 2.72. The van der Waals surface area contributed by atoms with Crippen molar-refractivity contribution in [2.45, 2.75) is 6.54 Å². The molecule has 1 heterocycles. The highest BCUT2D eigenvalue weighted by Crippen LogP contribution is 2.23. The summed E-state index contributed by atoms with van der Waals surface area (Å²) in [5, 5.41) is 4.32. The van der Waals surface area contributed by atoms with Crippen molar-refractivity contribution in [2.75, 3.05) is 18.2 Å². The molecule has 0 aliphatic heterocycles. The molecular weight excluding hydrogens is 264 g/mol. The number of rotatable bonds is 4. The van der Waals surface area contributed by atoms with E-state index < -0.39 is 0 Å². The molecule has 2 aromatic carbocycles. The molecule has 0 radical (unpaired) electrons. The quantitative estimate of drug-likeness (QED) is 0.719. The van der Waals surface area contributed by atoms with E-state index in [1.54, 1.807) is 13.4 Å². The number of aromatic nitrogens is 2. The third-order valence-corrected chi connectivity index (χ3v) is 3.30. The Hall–Kier alpha value is -2.82. The van der Waals surface area contributed by atoms with E-state index in [0.29, 0.717) is 18.0 Å². The van der Waals surface area contributed by atoms with E-state index in [4.69, 9.17) is 10.5 Å². The zero-order valence-corrected chi connectivity index (χ0v) is 11.7. The van der Waals surface area contributed by atoms with Crippen LogP contribution in [0.1, 0.15) is 5.56 Å². The maximum absolute atomic E-state index is 5.91. The second-order valence-corrected chi connectivity index (χ2v) is 4.67. The van der Waals surface area contributed by atoms with Gasteiger partial charge in [-0.2, -0.15) is 0 Å². The van der Waals surface area contributed by atoms with Gasteiger partial charge in [-0.15, -0.1) is 0 Å². The highest BCUT2D eigenvalue weighted by Gasteiger charge is 2.04. The summed E-state index contributed by atoms with van der Waals surface area (Å²) in [5.41, 5.74) is 8.53. The Bertz CT molecular complexity index is 768. The molecule has 0 aliphatic carbocycles. The molecule has 0 atom stereocenters. The fourth-order valence-corrected chi connectivity index (χ4v) is 2.23. The van der Waals surface area contributed by atoms with E-state index in [-0.39, 0.29) is 0 Å². The molecule has 3 N–H and O–H groups in total.